The SMILES string of the molecule is COc1ccccc1CCC(=O)Nc1cc(-n2cnnn2)ccc1F. The number of nitrogens with one attached hydrogen (secondary N) is 1. The summed E-state index contributed by atoms with van der Waals surface area (Å²) in [6.07, 6.45) is 2.08. The summed E-state index contributed by atoms with van der Waals surface area (Å²) in [5.41, 5.74) is 1.55. The molecule has 0 atom stereocenters. The molecule has 128 valence electrons. The molecule has 0 aliphatic carbocycles. The maximum atomic E-state index is 14.0. The Labute approximate surface area is 143 Å². The van der Waals surface area contributed by atoms with E-state index < -0.39 is 5.82 Å². The summed E-state index contributed by atoms with van der Waals surface area (Å²) in [6.45, 7) is 0. The average molecular weight is 341 g/mol. The van der Waals surface area contributed by atoms with Gasteiger partial charge in [0.1, 0.15) is 17.9 Å². The Morgan fingerprint density at radius 3 is 2.88 bits per heavy atom. The van der Waals surface area contributed by atoms with Crippen molar-refractivity contribution in [2.24, 2.45) is 0 Å². The summed E-state index contributed by atoms with van der Waals surface area (Å²) < 4.78 is 20.6. The van der Waals surface area contributed by atoms with Crippen LogP contribution in [0.2, 0.25) is 0 Å². The molecule has 0 radical (unpaired) electrons. The van der Waals surface area contributed by atoms with Gasteiger partial charge in [0.25, 0.3) is 0 Å². The van der Waals surface area contributed by atoms with Crippen molar-refractivity contribution < 1.29 is 13.9 Å². The van der Waals surface area contributed by atoms with Crippen molar-refractivity contribution in [3.8, 4) is 11.4 Å². The van der Waals surface area contributed by atoms with Gasteiger partial charge in [0.2, 0.25) is 5.91 Å². The van der Waals surface area contributed by atoms with Gasteiger partial charge in [-0.15, -0.1) is 5.10 Å². The van der Waals surface area contributed by atoms with Crippen LogP contribution in [0.4, 0.5) is 10.1 Å². The fourth-order valence-corrected chi connectivity index (χ4v) is 2.40. The molecule has 0 saturated carbocycles. The number of rotatable bonds is 6. The van der Waals surface area contributed by atoms with E-state index in [1.807, 2.05) is 24.3 Å². The molecule has 1 heterocycles. The van der Waals surface area contributed by atoms with Crippen molar-refractivity contribution >= 4 is 11.6 Å². The number of aromatic nitrogens is 4. The second-order valence-electron chi connectivity index (χ2n) is 5.28. The van der Waals surface area contributed by atoms with E-state index in [9.17, 15) is 9.18 Å². The van der Waals surface area contributed by atoms with Gasteiger partial charge in [-0.2, -0.15) is 0 Å². The van der Waals surface area contributed by atoms with E-state index in [4.69, 9.17) is 4.74 Å². The molecule has 0 aliphatic heterocycles. The average Bonchev–Trinajstić information content (AvgIpc) is 3.16. The number of benzene rings is 2. The molecule has 0 unspecified atom stereocenters. The number of ether oxygens (including phenoxy) is 1. The van der Waals surface area contributed by atoms with Crippen LogP contribution in [0.3, 0.4) is 0 Å². The zero-order valence-electron chi connectivity index (χ0n) is 13.5. The molecule has 7 nitrogen and oxygen atoms in total. The molecular formula is C17H16FN5O2. The largest absolute Gasteiger partial charge is 0.496 e. The number of halogens is 1. The Morgan fingerprint density at radius 1 is 1.28 bits per heavy atom. The summed E-state index contributed by atoms with van der Waals surface area (Å²) in [5, 5.41) is 13.4. The Kier molecular flexibility index (Phi) is 4.98. The maximum absolute atomic E-state index is 14.0. The molecule has 0 saturated heterocycles. The number of methoxy groups -OCH3 is 1. The van der Waals surface area contributed by atoms with Crippen LogP contribution in [0.1, 0.15) is 12.0 Å². The summed E-state index contributed by atoms with van der Waals surface area (Å²) in [4.78, 5) is 12.2. The molecule has 0 fully saturated rings. The van der Waals surface area contributed by atoms with Gasteiger partial charge < -0.3 is 10.1 Å². The van der Waals surface area contributed by atoms with Crippen LogP contribution in [0, 0.1) is 5.82 Å². The number of hydrogen-bond acceptors (Lipinski definition) is 5. The van der Waals surface area contributed by atoms with Crippen molar-refractivity contribution in [1.82, 2.24) is 20.2 Å². The fourth-order valence-electron chi connectivity index (χ4n) is 2.40. The lowest BCUT2D eigenvalue weighted by molar-refractivity contribution is -0.116. The second kappa shape index (κ2) is 7.52. The Balaban J connectivity index is 1.67. The highest BCUT2D eigenvalue weighted by Gasteiger charge is 2.11. The van der Waals surface area contributed by atoms with Crippen molar-refractivity contribution in [1.29, 1.82) is 0 Å². The fraction of sp³-hybridized carbons (Fsp3) is 0.176. The van der Waals surface area contributed by atoms with E-state index in [0.717, 1.165) is 11.3 Å². The molecule has 1 amide bonds. The first-order chi connectivity index (χ1) is 12.2. The number of hydrogen-bond donors (Lipinski definition) is 1. The molecule has 25 heavy (non-hydrogen) atoms. The normalized spacial score (nSPS) is 10.5. The zero-order valence-corrected chi connectivity index (χ0v) is 13.5. The zero-order chi connectivity index (χ0) is 17.6. The number of carbonyl (C=O) groups is 1. The third-order valence-corrected chi connectivity index (χ3v) is 3.65. The minimum Gasteiger partial charge on any atom is -0.496 e. The van der Waals surface area contributed by atoms with Crippen LogP contribution < -0.4 is 10.1 Å². The van der Waals surface area contributed by atoms with Gasteiger partial charge in [-0.25, -0.2) is 9.07 Å². The molecule has 3 rings (SSSR count). The highest BCUT2D eigenvalue weighted by atomic mass is 19.1. The molecule has 0 aliphatic rings. The number of para-hydroxylation sites is 1. The maximum Gasteiger partial charge on any atom is 0.224 e. The van der Waals surface area contributed by atoms with Crippen LogP contribution in [0.25, 0.3) is 5.69 Å². The summed E-state index contributed by atoms with van der Waals surface area (Å²) in [5.74, 6) is -0.0942. The van der Waals surface area contributed by atoms with Crippen LogP contribution in [0.5, 0.6) is 5.75 Å². The number of amides is 1. The van der Waals surface area contributed by atoms with Crippen LogP contribution in [0.15, 0.2) is 48.8 Å². The van der Waals surface area contributed by atoms with Crippen molar-refractivity contribution in [2.75, 3.05) is 12.4 Å². The third kappa shape index (κ3) is 3.97. The lowest BCUT2D eigenvalue weighted by Crippen LogP contribution is -2.14. The van der Waals surface area contributed by atoms with Crippen LogP contribution in [-0.4, -0.2) is 33.2 Å². The van der Waals surface area contributed by atoms with Gasteiger partial charge >= 0.3 is 0 Å². The van der Waals surface area contributed by atoms with Crippen LogP contribution in [-0.2, 0) is 11.2 Å². The highest BCUT2D eigenvalue weighted by Crippen LogP contribution is 2.21. The van der Waals surface area contributed by atoms with Crippen molar-refractivity contribution in [2.45, 2.75) is 12.8 Å². The van der Waals surface area contributed by atoms with E-state index in [1.165, 1.54) is 29.2 Å². The number of aryl methyl sites for hydroxylation is 1. The number of carbonyl (C=O) groups excluding carboxylic acids is 1. The first-order valence-corrected chi connectivity index (χ1v) is 7.62. The molecule has 1 N–H and O–H groups in total. The molecular weight excluding hydrogens is 325 g/mol. The molecule has 3 aromatic rings. The Bertz CT molecular complexity index is 867. The van der Waals surface area contributed by atoms with Gasteiger partial charge in [0, 0.05) is 6.42 Å². The molecule has 8 heteroatoms. The summed E-state index contributed by atoms with van der Waals surface area (Å²) >= 11 is 0. The summed E-state index contributed by atoms with van der Waals surface area (Å²) in [6, 6.07) is 11.7. The van der Waals surface area contributed by atoms with E-state index in [1.54, 1.807) is 7.11 Å². The number of nitrogens with zero attached hydrogens (tertiary/aromatic N) is 4. The van der Waals surface area contributed by atoms with Gasteiger partial charge in [0.15, 0.2) is 0 Å². The molecule has 2 aromatic carbocycles. The Morgan fingerprint density at radius 2 is 2.12 bits per heavy atom. The topological polar surface area (TPSA) is 81.9 Å². The van der Waals surface area contributed by atoms with E-state index in [-0.39, 0.29) is 18.0 Å². The molecule has 0 spiro atoms. The second-order valence-corrected chi connectivity index (χ2v) is 5.28. The van der Waals surface area contributed by atoms with E-state index in [2.05, 4.69) is 20.8 Å². The number of anilines is 1. The minimum absolute atomic E-state index is 0.0815. The molecule has 1 aromatic heterocycles. The van der Waals surface area contributed by atoms with E-state index >= 15 is 0 Å². The van der Waals surface area contributed by atoms with Gasteiger partial charge in [-0.05, 0) is 46.7 Å². The van der Waals surface area contributed by atoms with E-state index in [0.29, 0.717) is 12.1 Å². The van der Waals surface area contributed by atoms with Crippen molar-refractivity contribution in [3.05, 3.63) is 60.2 Å². The first kappa shape index (κ1) is 16.6. The minimum atomic E-state index is -0.525. The van der Waals surface area contributed by atoms with Gasteiger partial charge in [0.05, 0.1) is 18.5 Å². The summed E-state index contributed by atoms with van der Waals surface area (Å²) in [7, 11) is 1.58. The van der Waals surface area contributed by atoms with Crippen LogP contribution >= 0.6 is 0 Å². The van der Waals surface area contributed by atoms with Gasteiger partial charge in [-0.1, -0.05) is 18.2 Å². The predicted molar refractivity (Wildman–Crippen MR) is 89.1 cm³/mol. The highest BCUT2D eigenvalue weighted by molar-refractivity contribution is 5.91. The smallest absolute Gasteiger partial charge is 0.224 e. The van der Waals surface area contributed by atoms with Crippen molar-refractivity contribution in [3.63, 3.8) is 0 Å². The monoisotopic (exact) mass is 341 g/mol. The van der Waals surface area contributed by atoms with Gasteiger partial charge in [-0.3, -0.25) is 4.79 Å². The standard InChI is InChI=1S/C17H16FN5O2/c1-25-16-5-3-2-4-12(16)6-9-17(24)20-15-10-13(7-8-14(15)18)23-11-19-21-22-23/h2-5,7-8,10-11H,6,9H2,1H3,(H,20,24). The Hall–Kier alpha value is -3.29. The quantitative estimate of drug-likeness (QED) is 0.744. The number of tetrazole rings is 1. The first-order valence-electron chi connectivity index (χ1n) is 7.62. The lowest BCUT2D eigenvalue weighted by atomic mass is 10.1. The lowest BCUT2D eigenvalue weighted by Gasteiger charge is -2.10. The third-order valence-electron chi connectivity index (χ3n) is 3.65. The molecule has 0 bridgehead atoms. The predicted octanol–water partition coefficient (Wildman–Crippen LogP) is 2.38.